The molecule has 2 aliphatic rings. The second kappa shape index (κ2) is 9.84. The first-order valence-electron chi connectivity index (χ1n) is 11.9. The van der Waals surface area contributed by atoms with Gasteiger partial charge < -0.3 is 14.0 Å². The molecular formula is C26H32N4O2. The number of carbonyl (C=O) groups is 1. The summed E-state index contributed by atoms with van der Waals surface area (Å²) in [4.78, 5) is 22.7. The quantitative estimate of drug-likeness (QED) is 0.618. The molecule has 1 amide bonds. The van der Waals surface area contributed by atoms with Crippen LogP contribution in [0.5, 0.6) is 0 Å². The summed E-state index contributed by atoms with van der Waals surface area (Å²) in [5.41, 5.74) is 4.17. The van der Waals surface area contributed by atoms with E-state index < -0.39 is 0 Å². The molecule has 6 heteroatoms. The molecule has 4 heterocycles. The number of fused-ring (bicyclic) bond motifs is 1. The van der Waals surface area contributed by atoms with Crippen LogP contribution in [0.1, 0.15) is 40.9 Å². The van der Waals surface area contributed by atoms with Crippen LogP contribution in [-0.4, -0.2) is 64.5 Å². The number of benzene rings is 1. The van der Waals surface area contributed by atoms with Crippen molar-refractivity contribution in [2.75, 3.05) is 39.4 Å². The topological polar surface area (TPSA) is 50.1 Å². The highest BCUT2D eigenvalue weighted by atomic mass is 16.5. The third-order valence-electron chi connectivity index (χ3n) is 6.73. The Labute approximate surface area is 189 Å². The molecule has 0 N–H and O–H groups in total. The predicted octanol–water partition coefficient (Wildman–Crippen LogP) is 3.65. The van der Waals surface area contributed by atoms with E-state index in [2.05, 4.69) is 26.4 Å². The zero-order valence-corrected chi connectivity index (χ0v) is 18.7. The first-order valence-corrected chi connectivity index (χ1v) is 11.9. The van der Waals surface area contributed by atoms with Crippen molar-refractivity contribution in [2.24, 2.45) is 5.92 Å². The van der Waals surface area contributed by atoms with Crippen molar-refractivity contribution < 1.29 is 9.53 Å². The van der Waals surface area contributed by atoms with Gasteiger partial charge in [0, 0.05) is 49.7 Å². The van der Waals surface area contributed by atoms with Gasteiger partial charge in [-0.25, -0.2) is 0 Å². The Kier molecular flexibility index (Phi) is 6.51. The van der Waals surface area contributed by atoms with Crippen LogP contribution in [-0.2, 0) is 17.7 Å². The monoisotopic (exact) mass is 432 g/mol. The molecule has 2 saturated heterocycles. The van der Waals surface area contributed by atoms with E-state index in [9.17, 15) is 4.79 Å². The highest BCUT2D eigenvalue weighted by molar-refractivity contribution is 5.95. The molecule has 2 aromatic heterocycles. The maximum Gasteiger partial charge on any atom is 0.254 e. The fourth-order valence-electron chi connectivity index (χ4n) is 5.04. The zero-order chi connectivity index (χ0) is 21.8. The lowest BCUT2D eigenvalue weighted by atomic mass is 10.0. The van der Waals surface area contributed by atoms with E-state index in [1.807, 2.05) is 47.8 Å². The average Bonchev–Trinajstić information content (AvgIpc) is 3.20. The summed E-state index contributed by atoms with van der Waals surface area (Å²) in [5, 5.41) is 0. The molecular weight excluding hydrogens is 400 g/mol. The van der Waals surface area contributed by atoms with E-state index >= 15 is 0 Å². The number of nitrogens with zero attached hydrogens (tertiary/aromatic N) is 4. The lowest BCUT2D eigenvalue weighted by molar-refractivity contribution is 0.0734. The number of hydrogen-bond donors (Lipinski definition) is 0. The summed E-state index contributed by atoms with van der Waals surface area (Å²) in [6.45, 7) is 5.68. The number of hydrogen-bond acceptors (Lipinski definition) is 4. The highest BCUT2D eigenvalue weighted by Crippen LogP contribution is 2.21. The van der Waals surface area contributed by atoms with Crippen molar-refractivity contribution in [1.82, 2.24) is 19.2 Å². The Balaban J connectivity index is 1.32. The second-order valence-corrected chi connectivity index (χ2v) is 9.06. The first kappa shape index (κ1) is 21.2. The molecule has 3 aromatic rings. The van der Waals surface area contributed by atoms with Crippen LogP contribution in [0.3, 0.4) is 0 Å². The molecule has 2 aliphatic heterocycles. The van der Waals surface area contributed by atoms with Crippen molar-refractivity contribution in [3.05, 3.63) is 71.8 Å². The highest BCUT2D eigenvalue weighted by Gasteiger charge is 2.26. The molecule has 0 bridgehead atoms. The Morgan fingerprint density at radius 2 is 1.91 bits per heavy atom. The zero-order valence-electron chi connectivity index (χ0n) is 18.7. The minimum atomic E-state index is 0.127. The fraction of sp³-hybridized carbons (Fsp3) is 0.462. The summed E-state index contributed by atoms with van der Waals surface area (Å²) in [7, 11) is 0. The first-order chi connectivity index (χ1) is 15.8. The summed E-state index contributed by atoms with van der Waals surface area (Å²) in [6.07, 6.45) is 10.5. The van der Waals surface area contributed by atoms with Crippen LogP contribution in [0.4, 0.5) is 0 Å². The molecule has 0 spiro atoms. The van der Waals surface area contributed by atoms with Gasteiger partial charge in [0.1, 0.15) is 0 Å². The minimum absolute atomic E-state index is 0.127. The normalized spacial score (nSPS) is 20.4. The Hall–Kier alpha value is -2.70. The molecule has 1 unspecified atom stereocenters. The van der Waals surface area contributed by atoms with Gasteiger partial charge in [0.05, 0.1) is 24.4 Å². The van der Waals surface area contributed by atoms with Crippen molar-refractivity contribution in [1.29, 1.82) is 0 Å². The van der Waals surface area contributed by atoms with Crippen molar-refractivity contribution in [2.45, 2.75) is 32.2 Å². The number of carbonyl (C=O) groups excluding carboxylic acids is 1. The van der Waals surface area contributed by atoms with Gasteiger partial charge in [-0.1, -0.05) is 24.6 Å². The van der Waals surface area contributed by atoms with Crippen LogP contribution >= 0.6 is 0 Å². The summed E-state index contributed by atoms with van der Waals surface area (Å²) in [5.74, 6) is 0.353. The van der Waals surface area contributed by atoms with Crippen LogP contribution in [0, 0.1) is 5.92 Å². The number of rotatable bonds is 5. The van der Waals surface area contributed by atoms with Crippen LogP contribution in [0.2, 0.25) is 0 Å². The lowest BCUT2D eigenvalue weighted by Gasteiger charge is -2.28. The molecule has 0 radical (unpaired) electrons. The number of amides is 1. The van der Waals surface area contributed by atoms with E-state index in [1.165, 1.54) is 19.3 Å². The van der Waals surface area contributed by atoms with Gasteiger partial charge in [0.2, 0.25) is 0 Å². The minimum Gasteiger partial charge on any atom is -0.379 e. The van der Waals surface area contributed by atoms with Gasteiger partial charge in [-0.3, -0.25) is 14.7 Å². The Morgan fingerprint density at radius 1 is 1.03 bits per heavy atom. The van der Waals surface area contributed by atoms with Crippen LogP contribution in [0.15, 0.2) is 55.0 Å². The molecule has 5 rings (SSSR count). The van der Waals surface area contributed by atoms with Crippen LogP contribution in [0.25, 0.3) is 5.52 Å². The largest absolute Gasteiger partial charge is 0.379 e. The number of aromatic nitrogens is 2. The second-order valence-electron chi connectivity index (χ2n) is 9.06. The van der Waals surface area contributed by atoms with Gasteiger partial charge in [0.25, 0.3) is 5.91 Å². The van der Waals surface area contributed by atoms with E-state index in [-0.39, 0.29) is 11.8 Å². The number of piperidine rings is 1. The summed E-state index contributed by atoms with van der Waals surface area (Å²) in [6, 6.07) is 12.3. The summed E-state index contributed by atoms with van der Waals surface area (Å²) >= 11 is 0. The predicted molar refractivity (Wildman–Crippen MR) is 125 cm³/mol. The van der Waals surface area contributed by atoms with Gasteiger partial charge >= 0.3 is 0 Å². The van der Waals surface area contributed by atoms with E-state index in [0.29, 0.717) is 26.3 Å². The molecule has 1 aromatic carbocycles. The van der Waals surface area contributed by atoms with Gasteiger partial charge in [0.15, 0.2) is 0 Å². The fourth-order valence-corrected chi connectivity index (χ4v) is 5.04. The third-order valence-corrected chi connectivity index (χ3v) is 6.73. The molecule has 2 fully saturated rings. The molecule has 1 atom stereocenters. The maximum absolute atomic E-state index is 13.6. The van der Waals surface area contributed by atoms with E-state index in [0.717, 1.165) is 48.4 Å². The SMILES string of the molecule is O=C(c1ccccc1CN1CCCCC1)N1CCOCC(Cc2nccn3cccc23)C1. The third kappa shape index (κ3) is 4.71. The van der Waals surface area contributed by atoms with Crippen molar-refractivity contribution >= 4 is 11.4 Å². The Bertz CT molecular complexity index is 1060. The molecule has 6 nitrogen and oxygen atoms in total. The molecule has 0 aliphatic carbocycles. The molecule has 32 heavy (non-hydrogen) atoms. The van der Waals surface area contributed by atoms with Gasteiger partial charge in [-0.05, 0) is 56.1 Å². The van der Waals surface area contributed by atoms with Crippen molar-refractivity contribution in [3.63, 3.8) is 0 Å². The smallest absolute Gasteiger partial charge is 0.254 e. The molecule has 0 saturated carbocycles. The number of likely N-dealkylation sites (tertiary alicyclic amines) is 1. The maximum atomic E-state index is 13.6. The standard InChI is InChI=1S/C26H32N4O2/c31-26(23-8-3-2-7-22(23)19-28-11-4-1-5-12-28)30-15-16-32-20-21(18-30)17-24-25-9-6-13-29(25)14-10-27-24/h2-3,6-10,13-14,21H,1,4-5,11-12,15-20H2. The van der Waals surface area contributed by atoms with Gasteiger partial charge in [-0.2, -0.15) is 0 Å². The lowest BCUT2D eigenvalue weighted by Crippen LogP contribution is -2.37. The van der Waals surface area contributed by atoms with E-state index in [4.69, 9.17) is 4.74 Å². The number of ether oxygens (including phenoxy) is 1. The Morgan fingerprint density at radius 3 is 2.81 bits per heavy atom. The average molecular weight is 433 g/mol. The molecule has 168 valence electrons. The summed E-state index contributed by atoms with van der Waals surface area (Å²) < 4.78 is 8.00. The van der Waals surface area contributed by atoms with E-state index in [1.54, 1.807) is 0 Å². The van der Waals surface area contributed by atoms with Crippen LogP contribution < -0.4 is 0 Å². The van der Waals surface area contributed by atoms with Gasteiger partial charge in [-0.15, -0.1) is 0 Å². The van der Waals surface area contributed by atoms with Crippen molar-refractivity contribution in [3.8, 4) is 0 Å².